The first kappa shape index (κ1) is 31.0. The summed E-state index contributed by atoms with van der Waals surface area (Å²) in [5, 5.41) is 0. The molecule has 0 unspecified atom stereocenters. The van der Waals surface area contributed by atoms with Gasteiger partial charge in [0, 0.05) is 0 Å². The number of hydrogen-bond acceptors (Lipinski definition) is 12. The minimum absolute atomic E-state index is 0. The van der Waals surface area contributed by atoms with Gasteiger partial charge in [0.25, 0.3) is 0 Å². The van der Waals surface area contributed by atoms with Crippen molar-refractivity contribution in [1.29, 1.82) is 0 Å². The third-order valence-electron chi connectivity index (χ3n) is 2.68. The normalized spacial score (nSPS) is 12.6. The van der Waals surface area contributed by atoms with E-state index in [1.54, 1.807) is 0 Å². The first-order valence-electron chi connectivity index (χ1n) is 6.39. The molecule has 0 bridgehead atoms. The van der Waals surface area contributed by atoms with E-state index in [1.165, 1.54) is 12.1 Å². The van der Waals surface area contributed by atoms with Gasteiger partial charge < -0.3 is 9.11 Å². The van der Waals surface area contributed by atoms with E-state index in [-0.39, 0.29) is 59.1 Å². The standard InChI is InChI=1S/C10H14O12S4.2Na/c11-23(12,7-5-21-25(15,16)17)9-3-1-2-4-10(9)24(13,14)8-6-22-26(18,19)20;;/h1-4H,5-8H2,(H,15,16,17)(H,18,19,20);;/q;2*+1/p-2. The van der Waals surface area contributed by atoms with Crippen molar-refractivity contribution in [2.24, 2.45) is 0 Å². The summed E-state index contributed by atoms with van der Waals surface area (Å²) in [5.41, 5.74) is 0. The monoisotopic (exact) mass is 498 g/mol. The van der Waals surface area contributed by atoms with Crippen LogP contribution in [0.4, 0.5) is 0 Å². The van der Waals surface area contributed by atoms with E-state index in [2.05, 4.69) is 8.37 Å². The van der Waals surface area contributed by atoms with Crippen LogP contribution >= 0.6 is 0 Å². The molecule has 1 rings (SSSR count). The van der Waals surface area contributed by atoms with E-state index < -0.39 is 75.0 Å². The van der Waals surface area contributed by atoms with Gasteiger partial charge in [-0.3, -0.25) is 8.37 Å². The average molecular weight is 498 g/mol. The molecule has 0 N–H and O–H groups in total. The van der Waals surface area contributed by atoms with Crippen LogP contribution in [-0.2, 0) is 48.8 Å². The minimum atomic E-state index is -5.13. The van der Waals surface area contributed by atoms with Crippen LogP contribution in [-0.4, -0.2) is 67.5 Å². The van der Waals surface area contributed by atoms with Crippen molar-refractivity contribution in [3.8, 4) is 0 Å². The summed E-state index contributed by atoms with van der Waals surface area (Å²) in [4.78, 5) is -1.42. The van der Waals surface area contributed by atoms with Gasteiger partial charge in [-0.15, -0.1) is 0 Å². The van der Waals surface area contributed by atoms with Gasteiger partial charge in [-0.2, -0.15) is 0 Å². The Morgan fingerprint density at radius 1 is 0.643 bits per heavy atom. The van der Waals surface area contributed by atoms with E-state index >= 15 is 0 Å². The molecular formula is C10H12Na2O12S4. The average Bonchev–Trinajstić information content (AvgIpc) is 2.44. The Balaban J connectivity index is 0. The Labute approximate surface area is 207 Å². The predicted molar refractivity (Wildman–Crippen MR) is 81.8 cm³/mol. The maximum Gasteiger partial charge on any atom is 1.00 e. The van der Waals surface area contributed by atoms with Gasteiger partial charge >= 0.3 is 59.1 Å². The molecule has 0 amide bonds. The van der Waals surface area contributed by atoms with Crippen LogP contribution in [0.2, 0.25) is 0 Å². The molecule has 0 heterocycles. The number of rotatable bonds is 10. The molecule has 0 radical (unpaired) electrons. The van der Waals surface area contributed by atoms with Crippen molar-refractivity contribution >= 4 is 40.5 Å². The van der Waals surface area contributed by atoms with E-state index in [4.69, 9.17) is 0 Å². The molecule has 1 aromatic rings. The SMILES string of the molecule is O=S(=O)([O-])OCCS(=O)(=O)c1ccccc1S(=O)(=O)CCOS(=O)(=O)[O-].[Na+].[Na+]. The van der Waals surface area contributed by atoms with Crippen molar-refractivity contribution in [3.63, 3.8) is 0 Å². The second-order valence-corrected chi connectivity index (χ2v) is 10.8. The van der Waals surface area contributed by atoms with E-state index in [0.29, 0.717) is 0 Å². The molecule has 0 spiro atoms. The Kier molecular flexibility index (Phi) is 13.4. The topological polar surface area (TPSA) is 201 Å². The van der Waals surface area contributed by atoms with Crippen LogP contribution in [0.1, 0.15) is 0 Å². The molecule has 0 aliphatic rings. The summed E-state index contributed by atoms with van der Waals surface area (Å²) < 4.78 is 118. The van der Waals surface area contributed by atoms with Crippen molar-refractivity contribution in [2.45, 2.75) is 9.79 Å². The third kappa shape index (κ3) is 11.3. The zero-order valence-electron chi connectivity index (χ0n) is 14.7. The fourth-order valence-corrected chi connectivity index (χ4v) is 5.59. The van der Waals surface area contributed by atoms with Crippen LogP contribution in [0.3, 0.4) is 0 Å². The van der Waals surface area contributed by atoms with Crippen LogP contribution < -0.4 is 59.1 Å². The summed E-state index contributed by atoms with van der Waals surface area (Å²) in [6.07, 6.45) is 0. The number of sulfone groups is 2. The van der Waals surface area contributed by atoms with Crippen LogP contribution in [0.15, 0.2) is 34.1 Å². The molecule has 0 fully saturated rings. The summed E-state index contributed by atoms with van der Waals surface area (Å²) in [6.45, 7) is -2.06. The van der Waals surface area contributed by atoms with Crippen LogP contribution in [0, 0.1) is 0 Å². The van der Waals surface area contributed by atoms with Gasteiger partial charge in [-0.1, -0.05) is 12.1 Å². The smallest absolute Gasteiger partial charge is 0.726 e. The first-order valence-corrected chi connectivity index (χ1v) is 12.4. The van der Waals surface area contributed by atoms with Crippen molar-refractivity contribution < 1.29 is 110 Å². The molecule has 0 aliphatic carbocycles. The third-order valence-corrected chi connectivity index (χ3v) is 7.18. The van der Waals surface area contributed by atoms with Crippen LogP contribution in [0.5, 0.6) is 0 Å². The van der Waals surface area contributed by atoms with Gasteiger partial charge in [-0.05, 0) is 12.1 Å². The van der Waals surface area contributed by atoms with Crippen LogP contribution in [0.25, 0.3) is 0 Å². The summed E-state index contributed by atoms with van der Waals surface area (Å²) >= 11 is 0. The molecule has 150 valence electrons. The quantitative estimate of drug-likeness (QED) is 0.168. The second kappa shape index (κ2) is 12.0. The zero-order valence-corrected chi connectivity index (χ0v) is 21.9. The molecule has 0 saturated heterocycles. The van der Waals surface area contributed by atoms with Gasteiger partial charge in [0.1, 0.15) is 0 Å². The summed E-state index contributed by atoms with van der Waals surface area (Å²) in [7, 11) is -19.0. The molecule has 0 saturated carbocycles. The predicted octanol–water partition coefficient (Wildman–Crippen LogP) is -7.80. The maximum atomic E-state index is 12.2. The summed E-state index contributed by atoms with van der Waals surface area (Å²) in [6, 6.07) is 4.21. The van der Waals surface area contributed by atoms with Gasteiger partial charge in [0.05, 0.1) is 34.5 Å². The van der Waals surface area contributed by atoms with Gasteiger partial charge in [0.2, 0.25) is 20.8 Å². The molecule has 0 aromatic heterocycles. The summed E-state index contributed by atoms with van der Waals surface area (Å²) in [5.74, 6) is -2.01. The zero-order chi connectivity index (χ0) is 20.2. The first-order chi connectivity index (χ1) is 11.6. The van der Waals surface area contributed by atoms with Crippen molar-refractivity contribution in [1.82, 2.24) is 0 Å². The van der Waals surface area contributed by atoms with Gasteiger partial charge in [0.15, 0.2) is 19.7 Å². The Morgan fingerprint density at radius 3 is 1.18 bits per heavy atom. The molecule has 1 aromatic carbocycles. The molecule has 12 nitrogen and oxygen atoms in total. The Bertz CT molecular complexity index is 974. The van der Waals surface area contributed by atoms with E-state index in [1.807, 2.05) is 0 Å². The Hall–Kier alpha value is 0.860. The second-order valence-electron chi connectivity index (χ2n) is 4.54. The number of hydrogen-bond donors (Lipinski definition) is 0. The van der Waals surface area contributed by atoms with Crippen molar-refractivity contribution in [2.75, 3.05) is 24.7 Å². The molecule has 28 heavy (non-hydrogen) atoms. The molecule has 0 atom stereocenters. The largest absolute Gasteiger partial charge is 1.00 e. The van der Waals surface area contributed by atoms with Gasteiger partial charge in [-0.25, -0.2) is 33.7 Å². The Morgan fingerprint density at radius 2 is 0.929 bits per heavy atom. The fourth-order valence-electron chi connectivity index (χ4n) is 1.68. The molecule has 0 aliphatic heterocycles. The molecular weight excluding hydrogens is 486 g/mol. The van der Waals surface area contributed by atoms with E-state index in [0.717, 1.165) is 12.1 Å². The molecule has 18 heteroatoms. The van der Waals surface area contributed by atoms with Crippen molar-refractivity contribution in [3.05, 3.63) is 24.3 Å². The number of benzene rings is 1. The fraction of sp³-hybridized carbons (Fsp3) is 0.400. The van der Waals surface area contributed by atoms with E-state index in [9.17, 15) is 42.8 Å². The maximum absolute atomic E-state index is 12.2. The minimum Gasteiger partial charge on any atom is -0.726 e.